The van der Waals surface area contributed by atoms with Crippen LogP contribution >= 0.6 is 0 Å². The van der Waals surface area contributed by atoms with E-state index in [9.17, 15) is 9.18 Å². The van der Waals surface area contributed by atoms with Gasteiger partial charge in [0, 0.05) is 5.56 Å². The van der Waals surface area contributed by atoms with E-state index in [0.29, 0.717) is 11.1 Å². The zero-order valence-electron chi connectivity index (χ0n) is 9.16. The molecule has 0 amide bonds. The Kier molecular flexibility index (Phi) is 3.67. The SMILES string of the molecule is O=Cc1ccc(C(F)C2CCNCC2)cc1. The number of rotatable bonds is 3. The first-order chi connectivity index (χ1) is 7.81. The van der Waals surface area contributed by atoms with Crippen molar-refractivity contribution in [3.63, 3.8) is 0 Å². The number of piperidine rings is 1. The van der Waals surface area contributed by atoms with Crippen molar-refractivity contribution < 1.29 is 9.18 Å². The van der Waals surface area contributed by atoms with Crippen molar-refractivity contribution in [2.45, 2.75) is 19.0 Å². The number of nitrogens with one attached hydrogen (secondary N) is 1. The Morgan fingerprint density at radius 3 is 2.44 bits per heavy atom. The summed E-state index contributed by atoms with van der Waals surface area (Å²) in [5.74, 6) is 0.114. The standard InChI is InChI=1S/C13H16FNO/c14-13(12-5-7-15-8-6-12)11-3-1-10(9-16)2-4-11/h1-4,9,12-13,15H,5-8H2. The summed E-state index contributed by atoms with van der Waals surface area (Å²) in [6.45, 7) is 1.80. The van der Waals surface area contributed by atoms with Crippen LogP contribution in [0.3, 0.4) is 0 Å². The summed E-state index contributed by atoms with van der Waals surface area (Å²) in [6, 6.07) is 6.79. The molecule has 3 heteroatoms. The van der Waals surface area contributed by atoms with Gasteiger partial charge in [-0.3, -0.25) is 4.79 Å². The highest BCUT2D eigenvalue weighted by Gasteiger charge is 2.24. The van der Waals surface area contributed by atoms with Crippen molar-refractivity contribution in [1.29, 1.82) is 0 Å². The monoisotopic (exact) mass is 221 g/mol. The molecule has 1 saturated heterocycles. The molecular weight excluding hydrogens is 205 g/mol. The molecule has 1 N–H and O–H groups in total. The molecule has 1 aliphatic rings. The third-order valence-corrected chi connectivity index (χ3v) is 3.19. The van der Waals surface area contributed by atoms with Gasteiger partial charge in [-0.15, -0.1) is 0 Å². The number of alkyl halides is 1. The van der Waals surface area contributed by atoms with Crippen molar-refractivity contribution in [2.24, 2.45) is 5.92 Å². The summed E-state index contributed by atoms with van der Waals surface area (Å²) in [4.78, 5) is 10.5. The lowest BCUT2D eigenvalue weighted by Gasteiger charge is -2.25. The fraction of sp³-hybridized carbons (Fsp3) is 0.462. The Labute approximate surface area is 94.9 Å². The summed E-state index contributed by atoms with van der Waals surface area (Å²) in [6.07, 6.45) is 1.65. The van der Waals surface area contributed by atoms with Crippen LogP contribution in [0.1, 0.15) is 34.9 Å². The topological polar surface area (TPSA) is 29.1 Å². The van der Waals surface area contributed by atoms with Crippen LogP contribution in [0, 0.1) is 5.92 Å². The molecule has 1 heterocycles. The van der Waals surface area contributed by atoms with E-state index in [1.54, 1.807) is 24.3 Å². The first-order valence-electron chi connectivity index (χ1n) is 5.71. The molecule has 0 bridgehead atoms. The van der Waals surface area contributed by atoms with Gasteiger partial charge in [0.2, 0.25) is 0 Å². The molecule has 2 nitrogen and oxygen atoms in total. The molecule has 86 valence electrons. The number of hydrogen-bond donors (Lipinski definition) is 1. The number of carbonyl (C=O) groups excluding carboxylic acids is 1. The van der Waals surface area contributed by atoms with Crippen molar-refractivity contribution >= 4 is 6.29 Å². The van der Waals surface area contributed by atoms with Crippen LogP contribution in [-0.4, -0.2) is 19.4 Å². The van der Waals surface area contributed by atoms with E-state index in [1.165, 1.54) is 0 Å². The third-order valence-electron chi connectivity index (χ3n) is 3.19. The van der Waals surface area contributed by atoms with Crippen LogP contribution in [0.25, 0.3) is 0 Å². The predicted molar refractivity (Wildman–Crippen MR) is 61.3 cm³/mol. The molecule has 0 radical (unpaired) electrons. The third kappa shape index (κ3) is 2.47. The van der Waals surface area contributed by atoms with Crippen LogP contribution in [-0.2, 0) is 0 Å². The Bertz CT molecular complexity index is 343. The summed E-state index contributed by atoms with van der Waals surface area (Å²) < 4.78 is 14.1. The van der Waals surface area contributed by atoms with Crippen LogP contribution < -0.4 is 5.32 Å². The van der Waals surface area contributed by atoms with Gasteiger partial charge < -0.3 is 5.32 Å². The minimum Gasteiger partial charge on any atom is -0.317 e. The van der Waals surface area contributed by atoms with Crippen LogP contribution in [0.2, 0.25) is 0 Å². The van der Waals surface area contributed by atoms with Gasteiger partial charge in [0.05, 0.1) is 0 Å². The molecule has 1 aromatic carbocycles. The average molecular weight is 221 g/mol. The maximum absolute atomic E-state index is 14.1. The van der Waals surface area contributed by atoms with Crippen molar-refractivity contribution in [2.75, 3.05) is 13.1 Å². The molecule has 0 aromatic heterocycles. The zero-order chi connectivity index (χ0) is 11.4. The highest BCUT2D eigenvalue weighted by molar-refractivity contribution is 5.74. The lowest BCUT2D eigenvalue weighted by molar-refractivity contribution is 0.112. The normalized spacial score (nSPS) is 19.3. The Hall–Kier alpha value is -1.22. The molecule has 2 rings (SSSR count). The van der Waals surface area contributed by atoms with E-state index in [1.807, 2.05) is 0 Å². The van der Waals surface area contributed by atoms with E-state index in [2.05, 4.69) is 5.32 Å². The van der Waals surface area contributed by atoms with Crippen LogP contribution in [0.15, 0.2) is 24.3 Å². The van der Waals surface area contributed by atoms with Gasteiger partial charge in [-0.25, -0.2) is 4.39 Å². The number of halogens is 1. The maximum Gasteiger partial charge on any atom is 0.150 e. The highest BCUT2D eigenvalue weighted by Crippen LogP contribution is 2.32. The van der Waals surface area contributed by atoms with Crippen molar-refractivity contribution in [1.82, 2.24) is 5.32 Å². The van der Waals surface area contributed by atoms with Gasteiger partial charge in [-0.05, 0) is 37.4 Å². The van der Waals surface area contributed by atoms with E-state index in [4.69, 9.17) is 0 Å². The molecule has 0 saturated carbocycles. The zero-order valence-corrected chi connectivity index (χ0v) is 9.16. The minimum atomic E-state index is -0.900. The lowest BCUT2D eigenvalue weighted by Crippen LogP contribution is -2.29. The minimum absolute atomic E-state index is 0.114. The van der Waals surface area contributed by atoms with Gasteiger partial charge in [-0.2, -0.15) is 0 Å². The molecule has 1 atom stereocenters. The highest BCUT2D eigenvalue weighted by atomic mass is 19.1. The predicted octanol–water partition coefficient (Wildman–Crippen LogP) is 2.51. The van der Waals surface area contributed by atoms with Crippen LogP contribution in [0.5, 0.6) is 0 Å². The number of carbonyl (C=O) groups is 1. The van der Waals surface area contributed by atoms with Crippen molar-refractivity contribution in [3.8, 4) is 0 Å². The fourth-order valence-corrected chi connectivity index (χ4v) is 2.17. The summed E-state index contributed by atoms with van der Waals surface area (Å²) in [5, 5.41) is 3.23. The summed E-state index contributed by atoms with van der Waals surface area (Å²) >= 11 is 0. The van der Waals surface area contributed by atoms with E-state index >= 15 is 0 Å². The first kappa shape index (κ1) is 11.3. The maximum atomic E-state index is 14.1. The van der Waals surface area contributed by atoms with E-state index in [0.717, 1.165) is 32.2 Å². The van der Waals surface area contributed by atoms with Gasteiger partial charge in [0.15, 0.2) is 0 Å². The van der Waals surface area contributed by atoms with Gasteiger partial charge >= 0.3 is 0 Å². The largest absolute Gasteiger partial charge is 0.317 e. The Balaban J connectivity index is 2.06. The summed E-state index contributed by atoms with van der Waals surface area (Å²) in [5.41, 5.74) is 1.29. The average Bonchev–Trinajstić information content (AvgIpc) is 2.39. The van der Waals surface area contributed by atoms with Gasteiger partial charge in [-0.1, -0.05) is 24.3 Å². The van der Waals surface area contributed by atoms with Gasteiger partial charge in [0.25, 0.3) is 0 Å². The molecule has 1 aromatic rings. The van der Waals surface area contributed by atoms with Crippen molar-refractivity contribution in [3.05, 3.63) is 35.4 Å². The first-order valence-corrected chi connectivity index (χ1v) is 5.71. The Morgan fingerprint density at radius 2 is 1.88 bits per heavy atom. The number of aldehydes is 1. The van der Waals surface area contributed by atoms with E-state index in [-0.39, 0.29) is 5.92 Å². The molecule has 1 aliphatic heterocycles. The Morgan fingerprint density at radius 1 is 1.25 bits per heavy atom. The molecule has 1 unspecified atom stereocenters. The number of hydrogen-bond acceptors (Lipinski definition) is 2. The smallest absolute Gasteiger partial charge is 0.150 e. The second-order valence-corrected chi connectivity index (χ2v) is 4.27. The molecule has 16 heavy (non-hydrogen) atoms. The van der Waals surface area contributed by atoms with Gasteiger partial charge in [0.1, 0.15) is 12.5 Å². The van der Waals surface area contributed by atoms with E-state index < -0.39 is 6.17 Å². The molecule has 0 aliphatic carbocycles. The second-order valence-electron chi connectivity index (χ2n) is 4.27. The molecule has 1 fully saturated rings. The quantitative estimate of drug-likeness (QED) is 0.794. The molecule has 0 spiro atoms. The fourth-order valence-electron chi connectivity index (χ4n) is 2.17. The lowest BCUT2D eigenvalue weighted by atomic mass is 9.89. The molecular formula is C13H16FNO. The number of benzene rings is 1. The summed E-state index contributed by atoms with van der Waals surface area (Å²) in [7, 11) is 0. The van der Waals surface area contributed by atoms with Crippen LogP contribution in [0.4, 0.5) is 4.39 Å². The second kappa shape index (κ2) is 5.21.